The van der Waals surface area contributed by atoms with Gasteiger partial charge in [0.25, 0.3) is 0 Å². The summed E-state index contributed by atoms with van der Waals surface area (Å²) in [5.41, 5.74) is 0.812. The van der Waals surface area contributed by atoms with E-state index < -0.39 is 0 Å². The molecule has 1 aliphatic heterocycles. The van der Waals surface area contributed by atoms with Crippen LogP contribution in [-0.2, 0) is 4.79 Å². The summed E-state index contributed by atoms with van der Waals surface area (Å²) in [6, 6.07) is 7.74. The first kappa shape index (κ1) is 20.4. The average Bonchev–Trinajstić information content (AvgIpc) is 3.24. The molecule has 2 aromatic rings. The highest BCUT2D eigenvalue weighted by Gasteiger charge is 2.31. The molecule has 7 heteroatoms. The predicted molar refractivity (Wildman–Crippen MR) is 112 cm³/mol. The van der Waals surface area contributed by atoms with Crippen LogP contribution >= 0.6 is 11.6 Å². The van der Waals surface area contributed by atoms with Gasteiger partial charge in [-0.05, 0) is 57.4 Å². The van der Waals surface area contributed by atoms with Crippen LogP contribution in [0, 0.1) is 5.92 Å². The lowest BCUT2D eigenvalue weighted by Gasteiger charge is -2.35. The summed E-state index contributed by atoms with van der Waals surface area (Å²) in [6.45, 7) is 3.73. The first-order valence-corrected chi connectivity index (χ1v) is 11.1. The zero-order valence-electron chi connectivity index (χ0n) is 16.9. The third kappa shape index (κ3) is 4.98. The van der Waals surface area contributed by atoms with Crippen LogP contribution in [0.5, 0.6) is 0 Å². The molecule has 2 aliphatic rings. The van der Waals surface area contributed by atoms with Crippen molar-refractivity contribution >= 4 is 17.5 Å². The molecule has 1 amide bonds. The SMILES string of the molecule is CC(c1nnc(-c2cccc(Cl)c2)o1)N1CCCC(C(=O)NC2CCCCC2)C1. The van der Waals surface area contributed by atoms with Crippen LogP contribution in [0.15, 0.2) is 28.7 Å². The molecule has 0 spiro atoms. The van der Waals surface area contributed by atoms with Crippen LogP contribution in [0.25, 0.3) is 11.5 Å². The van der Waals surface area contributed by atoms with Gasteiger partial charge in [0.15, 0.2) is 0 Å². The lowest BCUT2D eigenvalue weighted by molar-refractivity contribution is -0.128. The van der Waals surface area contributed by atoms with Gasteiger partial charge in [-0.2, -0.15) is 0 Å². The number of likely N-dealkylation sites (tertiary alicyclic amines) is 1. The van der Waals surface area contributed by atoms with Crippen LogP contribution in [-0.4, -0.2) is 40.1 Å². The first-order valence-electron chi connectivity index (χ1n) is 10.7. The highest BCUT2D eigenvalue weighted by molar-refractivity contribution is 6.30. The molecular formula is C22H29ClN4O2. The summed E-state index contributed by atoms with van der Waals surface area (Å²) >= 11 is 6.07. The molecule has 2 unspecified atom stereocenters. The minimum Gasteiger partial charge on any atom is -0.419 e. The van der Waals surface area contributed by atoms with E-state index in [0.717, 1.165) is 44.3 Å². The number of carbonyl (C=O) groups excluding carboxylic acids is 1. The van der Waals surface area contributed by atoms with Crippen LogP contribution in [0.2, 0.25) is 5.02 Å². The van der Waals surface area contributed by atoms with E-state index in [9.17, 15) is 4.79 Å². The quantitative estimate of drug-likeness (QED) is 0.770. The molecule has 6 nitrogen and oxygen atoms in total. The molecule has 1 saturated heterocycles. The van der Waals surface area contributed by atoms with Crippen molar-refractivity contribution in [1.82, 2.24) is 20.4 Å². The van der Waals surface area contributed by atoms with Crippen molar-refractivity contribution in [2.24, 2.45) is 5.92 Å². The lowest BCUT2D eigenvalue weighted by atomic mass is 9.92. The Morgan fingerprint density at radius 1 is 1.21 bits per heavy atom. The molecule has 29 heavy (non-hydrogen) atoms. The van der Waals surface area contributed by atoms with Gasteiger partial charge in [-0.3, -0.25) is 9.69 Å². The minimum atomic E-state index is -0.0271. The Kier molecular flexibility index (Phi) is 6.50. The molecule has 1 saturated carbocycles. The molecule has 1 aromatic heterocycles. The molecule has 2 heterocycles. The summed E-state index contributed by atoms with van der Waals surface area (Å²) in [5, 5.41) is 12.4. The summed E-state index contributed by atoms with van der Waals surface area (Å²) in [7, 11) is 0. The number of amides is 1. The zero-order valence-corrected chi connectivity index (χ0v) is 17.7. The number of benzene rings is 1. The molecule has 1 N–H and O–H groups in total. The number of halogens is 1. The molecule has 0 radical (unpaired) electrons. The first-order chi connectivity index (χ1) is 14.1. The minimum absolute atomic E-state index is 0.0271. The predicted octanol–water partition coefficient (Wildman–Crippen LogP) is 4.61. The van der Waals surface area contributed by atoms with Crippen molar-refractivity contribution in [3.05, 3.63) is 35.2 Å². The molecular weight excluding hydrogens is 388 g/mol. The maximum absolute atomic E-state index is 12.8. The number of nitrogens with one attached hydrogen (secondary N) is 1. The number of hydrogen-bond acceptors (Lipinski definition) is 5. The van der Waals surface area contributed by atoms with Crippen LogP contribution < -0.4 is 5.32 Å². The Hall–Kier alpha value is -1.92. The van der Waals surface area contributed by atoms with Gasteiger partial charge < -0.3 is 9.73 Å². The summed E-state index contributed by atoms with van der Waals surface area (Å²) in [4.78, 5) is 15.1. The Morgan fingerprint density at radius 2 is 2.03 bits per heavy atom. The fourth-order valence-electron chi connectivity index (χ4n) is 4.44. The summed E-state index contributed by atoms with van der Waals surface area (Å²) in [6.07, 6.45) is 7.93. The number of nitrogens with zero attached hydrogens (tertiary/aromatic N) is 3. The van der Waals surface area contributed by atoms with Gasteiger partial charge in [-0.1, -0.05) is 36.9 Å². The van der Waals surface area contributed by atoms with Gasteiger partial charge in [0.1, 0.15) is 0 Å². The highest BCUT2D eigenvalue weighted by atomic mass is 35.5. The van der Waals surface area contributed by atoms with Crippen molar-refractivity contribution in [3.8, 4) is 11.5 Å². The molecule has 4 rings (SSSR count). The third-order valence-electron chi connectivity index (χ3n) is 6.19. The van der Waals surface area contributed by atoms with E-state index in [1.807, 2.05) is 24.3 Å². The van der Waals surface area contributed by atoms with Gasteiger partial charge in [0.05, 0.1) is 12.0 Å². The maximum Gasteiger partial charge on any atom is 0.247 e. The number of aromatic nitrogens is 2. The van der Waals surface area contributed by atoms with E-state index in [0.29, 0.717) is 22.8 Å². The van der Waals surface area contributed by atoms with E-state index in [2.05, 4.69) is 27.3 Å². The topological polar surface area (TPSA) is 71.3 Å². The Labute approximate surface area is 177 Å². The van der Waals surface area contributed by atoms with E-state index in [1.54, 1.807) is 0 Å². The molecule has 156 valence electrons. The normalized spacial score (nSPS) is 22.3. The molecule has 2 atom stereocenters. The second kappa shape index (κ2) is 9.26. The Balaban J connectivity index is 1.38. The van der Waals surface area contributed by atoms with Crippen LogP contribution in [0.4, 0.5) is 0 Å². The van der Waals surface area contributed by atoms with E-state index in [1.165, 1.54) is 19.3 Å². The monoisotopic (exact) mass is 416 g/mol. The van der Waals surface area contributed by atoms with E-state index >= 15 is 0 Å². The van der Waals surface area contributed by atoms with Gasteiger partial charge >= 0.3 is 0 Å². The van der Waals surface area contributed by atoms with Crippen molar-refractivity contribution in [2.75, 3.05) is 13.1 Å². The number of carbonyl (C=O) groups is 1. The Morgan fingerprint density at radius 3 is 2.83 bits per heavy atom. The number of hydrogen-bond donors (Lipinski definition) is 1. The van der Waals surface area contributed by atoms with Crippen molar-refractivity contribution in [2.45, 2.75) is 64.0 Å². The van der Waals surface area contributed by atoms with Crippen LogP contribution in [0.1, 0.15) is 63.8 Å². The van der Waals surface area contributed by atoms with E-state index in [-0.39, 0.29) is 17.9 Å². The van der Waals surface area contributed by atoms with Gasteiger partial charge in [-0.25, -0.2) is 0 Å². The van der Waals surface area contributed by atoms with Crippen molar-refractivity contribution in [3.63, 3.8) is 0 Å². The number of rotatable bonds is 5. The van der Waals surface area contributed by atoms with Crippen LogP contribution in [0.3, 0.4) is 0 Å². The van der Waals surface area contributed by atoms with Gasteiger partial charge in [-0.15, -0.1) is 10.2 Å². The zero-order chi connectivity index (χ0) is 20.2. The third-order valence-corrected chi connectivity index (χ3v) is 6.43. The molecule has 1 aromatic carbocycles. The number of piperidine rings is 1. The lowest BCUT2D eigenvalue weighted by Crippen LogP contribution is -2.46. The van der Waals surface area contributed by atoms with Gasteiger partial charge in [0.2, 0.25) is 17.7 Å². The highest BCUT2D eigenvalue weighted by Crippen LogP contribution is 2.29. The molecule has 1 aliphatic carbocycles. The maximum atomic E-state index is 12.8. The van der Waals surface area contributed by atoms with Crippen molar-refractivity contribution < 1.29 is 9.21 Å². The second-order valence-electron chi connectivity index (χ2n) is 8.31. The van der Waals surface area contributed by atoms with Crippen molar-refractivity contribution in [1.29, 1.82) is 0 Å². The fourth-order valence-corrected chi connectivity index (χ4v) is 4.63. The summed E-state index contributed by atoms with van der Waals surface area (Å²) < 4.78 is 5.93. The smallest absolute Gasteiger partial charge is 0.247 e. The Bertz CT molecular complexity index is 834. The largest absolute Gasteiger partial charge is 0.419 e. The van der Waals surface area contributed by atoms with E-state index in [4.69, 9.17) is 16.0 Å². The standard InChI is InChI=1S/C22H29ClN4O2/c1-15(21-25-26-22(29-21)16-7-5-9-18(23)13-16)27-12-6-8-17(14-27)20(28)24-19-10-3-2-4-11-19/h5,7,9,13,15,17,19H,2-4,6,8,10-12,14H2,1H3,(H,24,28). The molecule has 0 bridgehead atoms. The fraction of sp³-hybridized carbons (Fsp3) is 0.591. The average molecular weight is 417 g/mol. The summed E-state index contributed by atoms with van der Waals surface area (Å²) in [5.74, 6) is 1.29. The second-order valence-corrected chi connectivity index (χ2v) is 8.75. The molecule has 2 fully saturated rings. The van der Waals surface area contributed by atoms with Gasteiger partial charge in [0, 0.05) is 23.2 Å².